The first-order valence-corrected chi connectivity index (χ1v) is 7.60. The Kier molecular flexibility index (Phi) is 2.97. The molecule has 0 saturated carbocycles. The second-order valence-electron chi connectivity index (χ2n) is 5.20. The molecule has 0 aliphatic carbocycles. The van der Waals surface area contributed by atoms with E-state index in [4.69, 9.17) is 4.74 Å². The van der Waals surface area contributed by atoms with Crippen LogP contribution in [0.5, 0.6) is 0 Å². The van der Waals surface area contributed by atoms with Crippen molar-refractivity contribution in [3.63, 3.8) is 0 Å². The minimum absolute atomic E-state index is 0.00188. The summed E-state index contributed by atoms with van der Waals surface area (Å²) in [4.78, 5) is 0. The Balaban J connectivity index is 2.33. The van der Waals surface area contributed by atoms with Crippen molar-refractivity contribution in [3.05, 3.63) is 0 Å². The SMILES string of the molecule is CC1CC(O)(C2(C#N)CCS(=O)(=O)C2)CCO1. The first-order chi connectivity index (χ1) is 7.83. The summed E-state index contributed by atoms with van der Waals surface area (Å²) >= 11 is 0. The van der Waals surface area contributed by atoms with E-state index >= 15 is 0 Å². The number of hydrogen-bond donors (Lipinski definition) is 1. The van der Waals surface area contributed by atoms with Crippen LogP contribution < -0.4 is 0 Å². The highest BCUT2D eigenvalue weighted by molar-refractivity contribution is 7.91. The van der Waals surface area contributed by atoms with Crippen molar-refractivity contribution in [1.82, 2.24) is 0 Å². The van der Waals surface area contributed by atoms with Gasteiger partial charge in [-0.15, -0.1) is 0 Å². The first kappa shape index (κ1) is 12.8. The number of ether oxygens (including phenoxy) is 1. The van der Waals surface area contributed by atoms with Gasteiger partial charge in [0.2, 0.25) is 0 Å². The number of nitrogens with zero attached hydrogens (tertiary/aromatic N) is 1. The van der Waals surface area contributed by atoms with Gasteiger partial charge in [0.25, 0.3) is 0 Å². The van der Waals surface area contributed by atoms with Crippen LogP contribution in [0, 0.1) is 16.7 Å². The predicted octanol–water partition coefficient (Wildman–Crippen LogP) is 0.245. The molecule has 5 nitrogen and oxygen atoms in total. The van der Waals surface area contributed by atoms with E-state index < -0.39 is 20.9 Å². The van der Waals surface area contributed by atoms with Crippen molar-refractivity contribution in [1.29, 1.82) is 5.26 Å². The molecular formula is C11H17NO4S. The summed E-state index contributed by atoms with van der Waals surface area (Å²) in [7, 11) is -3.19. The zero-order chi connectivity index (χ0) is 12.7. The van der Waals surface area contributed by atoms with Gasteiger partial charge in [0, 0.05) is 19.4 Å². The quantitative estimate of drug-likeness (QED) is 0.729. The molecule has 1 N–H and O–H groups in total. The van der Waals surface area contributed by atoms with Gasteiger partial charge in [-0.1, -0.05) is 0 Å². The third kappa shape index (κ3) is 2.07. The van der Waals surface area contributed by atoms with Gasteiger partial charge in [-0.05, 0) is 13.3 Å². The van der Waals surface area contributed by atoms with Crippen LogP contribution in [0.25, 0.3) is 0 Å². The Hall–Kier alpha value is -0.640. The van der Waals surface area contributed by atoms with E-state index in [1.165, 1.54) is 0 Å². The Bertz CT molecular complexity index is 455. The number of aliphatic hydroxyl groups is 1. The fourth-order valence-corrected chi connectivity index (χ4v) is 4.94. The molecule has 17 heavy (non-hydrogen) atoms. The normalized spacial score (nSPS) is 45.4. The van der Waals surface area contributed by atoms with Crippen LogP contribution >= 0.6 is 0 Å². The van der Waals surface area contributed by atoms with Crippen molar-refractivity contribution in [2.75, 3.05) is 18.1 Å². The molecule has 2 heterocycles. The second kappa shape index (κ2) is 3.94. The number of hydrogen-bond acceptors (Lipinski definition) is 5. The summed E-state index contributed by atoms with van der Waals surface area (Å²) in [6.45, 7) is 2.21. The third-order valence-electron chi connectivity index (χ3n) is 3.95. The van der Waals surface area contributed by atoms with Crippen LogP contribution in [-0.4, -0.2) is 43.3 Å². The van der Waals surface area contributed by atoms with Gasteiger partial charge in [-0.25, -0.2) is 8.42 Å². The van der Waals surface area contributed by atoms with Crippen LogP contribution in [0.1, 0.15) is 26.2 Å². The Morgan fingerprint density at radius 2 is 2.18 bits per heavy atom. The van der Waals surface area contributed by atoms with Crippen molar-refractivity contribution in [3.8, 4) is 6.07 Å². The molecular weight excluding hydrogens is 242 g/mol. The van der Waals surface area contributed by atoms with Gasteiger partial charge in [-0.3, -0.25) is 0 Å². The van der Waals surface area contributed by atoms with Gasteiger partial charge in [0.1, 0.15) is 5.41 Å². The number of sulfone groups is 1. The monoisotopic (exact) mass is 259 g/mol. The molecule has 96 valence electrons. The highest BCUT2D eigenvalue weighted by atomic mass is 32.2. The van der Waals surface area contributed by atoms with Crippen LogP contribution in [0.4, 0.5) is 0 Å². The summed E-state index contributed by atoms with van der Waals surface area (Å²) in [6, 6.07) is 2.08. The standard InChI is InChI=1S/C11H17NO4S/c1-9-6-11(13,2-4-16-9)10(7-12)3-5-17(14,15)8-10/h9,13H,2-6,8H2,1H3. The Labute approximate surface area is 101 Å². The van der Waals surface area contributed by atoms with Gasteiger partial charge >= 0.3 is 0 Å². The maximum atomic E-state index is 11.6. The lowest BCUT2D eigenvalue weighted by Gasteiger charge is -2.44. The summed E-state index contributed by atoms with van der Waals surface area (Å²) in [5.41, 5.74) is -2.38. The first-order valence-electron chi connectivity index (χ1n) is 5.78. The zero-order valence-corrected chi connectivity index (χ0v) is 10.7. The van der Waals surface area contributed by atoms with E-state index in [1.54, 1.807) is 0 Å². The Morgan fingerprint density at radius 1 is 1.47 bits per heavy atom. The molecule has 6 heteroatoms. The molecule has 2 saturated heterocycles. The molecule has 0 aromatic rings. The minimum atomic E-state index is -3.19. The summed E-state index contributed by atoms with van der Waals surface area (Å²) < 4.78 is 28.5. The highest BCUT2D eigenvalue weighted by Crippen LogP contribution is 2.47. The molecule has 0 radical (unpaired) electrons. The largest absolute Gasteiger partial charge is 0.388 e. The van der Waals surface area contributed by atoms with Crippen LogP contribution in [0.15, 0.2) is 0 Å². The van der Waals surface area contributed by atoms with Gasteiger partial charge in [0.15, 0.2) is 9.84 Å². The van der Waals surface area contributed by atoms with Gasteiger partial charge in [-0.2, -0.15) is 5.26 Å². The molecule has 0 spiro atoms. The van der Waals surface area contributed by atoms with Crippen molar-refractivity contribution in [2.24, 2.45) is 5.41 Å². The molecule has 3 atom stereocenters. The van der Waals surface area contributed by atoms with Gasteiger partial charge < -0.3 is 9.84 Å². The lowest BCUT2D eigenvalue weighted by atomic mass is 9.67. The maximum absolute atomic E-state index is 11.6. The van der Waals surface area contributed by atoms with E-state index in [2.05, 4.69) is 6.07 Å². The fraction of sp³-hybridized carbons (Fsp3) is 0.909. The van der Waals surface area contributed by atoms with Crippen LogP contribution in [0.3, 0.4) is 0 Å². The molecule has 0 aromatic heterocycles. The van der Waals surface area contributed by atoms with Gasteiger partial charge in [0.05, 0.1) is 29.3 Å². The van der Waals surface area contributed by atoms with E-state index in [0.29, 0.717) is 19.4 Å². The number of rotatable bonds is 1. The molecule has 2 fully saturated rings. The molecule has 3 unspecified atom stereocenters. The third-order valence-corrected chi connectivity index (χ3v) is 5.71. The summed E-state index contributed by atoms with van der Waals surface area (Å²) in [6.07, 6.45) is 0.758. The minimum Gasteiger partial charge on any atom is -0.388 e. The van der Waals surface area contributed by atoms with Crippen molar-refractivity contribution < 1.29 is 18.3 Å². The Morgan fingerprint density at radius 3 is 2.65 bits per heavy atom. The van der Waals surface area contributed by atoms with E-state index in [1.807, 2.05) is 6.92 Å². The molecule has 2 aliphatic rings. The highest BCUT2D eigenvalue weighted by Gasteiger charge is 2.58. The molecule has 2 aliphatic heterocycles. The van der Waals surface area contributed by atoms with Crippen molar-refractivity contribution in [2.45, 2.75) is 37.9 Å². The van der Waals surface area contributed by atoms with Crippen LogP contribution in [0.2, 0.25) is 0 Å². The average molecular weight is 259 g/mol. The predicted molar refractivity (Wildman–Crippen MR) is 60.9 cm³/mol. The molecule has 2 rings (SSSR count). The lowest BCUT2D eigenvalue weighted by molar-refractivity contribution is -0.140. The summed E-state index contributed by atoms with van der Waals surface area (Å²) in [5, 5.41) is 20.0. The fourth-order valence-electron chi connectivity index (χ4n) is 2.91. The van der Waals surface area contributed by atoms with E-state index in [9.17, 15) is 18.8 Å². The van der Waals surface area contributed by atoms with E-state index in [0.717, 1.165) is 0 Å². The van der Waals surface area contributed by atoms with E-state index in [-0.39, 0.29) is 24.0 Å². The zero-order valence-electron chi connectivity index (χ0n) is 9.85. The van der Waals surface area contributed by atoms with Crippen LogP contribution in [-0.2, 0) is 14.6 Å². The second-order valence-corrected chi connectivity index (χ2v) is 7.39. The average Bonchev–Trinajstić information content (AvgIpc) is 2.55. The van der Waals surface area contributed by atoms with Crippen molar-refractivity contribution >= 4 is 9.84 Å². The molecule has 0 amide bonds. The molecule has 0 aromatic carbocycles. The maximum Gasteiger partial charge on any atom is 0.152 e. The smallest absolute Gasteiger partial charge is 0.152 e. The molecule has 0 bridgehead atoms. The number of nitriles is 1. The summed E-state index contributed by atoms with van der Waals surface area (Å²) in [5.74, 6) is -0.224. The topological polar surface area (TPSA) is 87.4 Å². The lowest BCUT2D eigenvalue weighted by Crippen LogP contribution is -2.53.